The van der Waals surface area contributed by atoms with E-state index in [4.69, 9.17) is 4.74 Å². The summed E-state index contributed by atoms with van der Waals surface area (Å²) in [7, 11) is 1.27. The number of rotatable bonds is 4. The van der Waals surface area contributed by atoms with E-state index >= 15 is 0 Å². The minimum atomic E-state index is -0.549. The number of halogens is 1. The van der Waals surface area contributed by atoms with Crippen molar-refractivity contribution < 1.29 is 18.7 Å². The molecule has 1 atom stereocenters. The monoisotopic (exact) mass is 239 g/mol. The van der Waals surface area contributed by atoms with E-state index < -0.39 is 11.8 Å². The Hall–Kier alpha value is -1.62. The lowest BCUT2D eigenvalue weighted by molar-refractivity contribution is -0.0410. The van der Waals surface area contributed by atoms with Crippen LogP contribution in [0.3, 0.4) is 0 Å². The summed E-state index contributed by atoms with van der Waals surface area (Å²) in [4.78, 5) is 11.3. The van der Waals surface area contributed by atoms with Crippen molar-refractivity contribution >= 4 is 11.7 Å². The van der Waals surface area contributed by atoms with E-state index in [2.05, 4.69) is 10.1 Å². The average molecular weight is 239 g/mol. The van der Waals surface area contributed by atoms with Gasteiger partial charge in [0.05, 0.1) is 18.8 Å². The highest BCUT2D eigenvalue weighted by molar-refractivity contribution is 5.90. The summed E-state index contributed by atoms with van der Waals surface area (Å²) >= 11 is 0. The number of hydrogen-bond donors (Lipinski definition) is 1. The number of carbonyl (C=O) groups excluding carboxylic acids is 1. The predicted octanol–water partition coefficient (Wildman–Crippen LogP) is 1.81. The number of esters is 1. The maximum Gasteiger partial charge on any atom is 0.338 e. The quantitative estimate of drug-likeness (QED) is 0.814. The molecule has 1 saturated heterocycles. The van der Waals surface area contributed by atoms with Crippen molar-refractivity contribution in [1.82, 2.24) is 0 Å². The summed E-state index contributed by atoms with van der Waals surface area (Å²) in [5.74, 6) is -1.02. The first-order valence-corrected chi connectivity index (χ1v) is 5.43. The van der Waals surface area contributed by atoms with Gasteiger partial charge in [0.2, 0.25) is 0 Å². The molecule has 0 aliphatic carbocycles. The van der Waals surface area contributed by atoms with Crippen LogP contribution in [0.5, 0.6) is 0 Å². The van der Waals surface area contributed by atoms with Gasteiger partial charge in [-0.05, 0) is 24.6 Å². The molecule has 0 saturated carbocycles. The van der Waals surface area contributed by atoms with E-state index in [1.807, 2.05) is 0 Å². The van der Waals surface area contributed by atoms with E-state index in [1.54, 1.807) is 6.07 Å². The second-order valence-corrected chi connectivity index (χ2v) is 3.88. The maximum absolute atomic E-state index is 13.3. The number of anilines is 1. The van der Waals surface area contributed by atoms with Crippen molar-refractivity contribution in [1.29, 1.82) is 0 Å². The molecule has 0 radical (unpaired) electrons. The molecule has 0 bridgehead atoms. The third-order valence-corrected chi connectivity index (χ3v) is 2.65. The van der Waals surface area contributed by atoms with E-state index in [1.165, 1.54) is 13.2 Å². The van der Waals surface area contributed by atoms with Crippen molar-refractivity contribution in [2.24, 2.45) is 0 Å². The molecule has 1 fully saturated rings. The van der Waals surface area contributed by atoms with Crippen molar-refractivity contribution in [3.8, 4) is 0 Å². The first-order chi connectivity index (χ1) is 8.19. The van der Waals surface area contributed by atoms with Gasteiger partial charge in [0, 0.05) is 18.8 Å². The molecule has 0 amide bonds. The molecule has 17 heavy (non-hydrogen) atoms. The highest BCUT2D eigenvalue weighted by atomic mass is 19.1. The third-order valence-electron chi connectivity index (χ3n) is 2.65. The normalized spacial score (nSPS) is 18.4. The molecule has 4 nitrogen and oxygen atoms in total. The zero-order valence-electron chi connectivity index (χ0n) is 9.53. The molecular formula is C12H14FNO3. The Balaban J connectivity index is 2.04. The van der Waals surface area contributed by atoms with Gasteiger partial charge in [0.1, 0.15) is 5.82 Å². The van der Waals surface area contributed by atoms with Gasteiger partial charge in [0.15, 0.2) is 0 Å². The smallest absolute Gasteiger partial charge is 0.338 e. The number of methoxy groups -OCH3 is 1. The molecule has 5 heteroatoms. The molecular weight excluding hydrogens is 225 g/mol. The topological polar surface area (TPSA) is 47.6 Å². The Morgan fingerprint density at radius 3 is 2.94 bits per heavy atom. The highest BCUT2D eigenvalue weighted by Crippen LogP contribution is 2.17. The van der Waals surface area contributed by atoms with Crippen molar-refractivity contribution in [2.75, 3.05) is 25.6 Å². The third kappa shape index (κ3) is 2.94. The number of nitrogens with one attached hydrogen (secondary N) is 1. The van der Waals surface area contributed by atoms with Crippen LogP contribution in [-0.4, -0.2) is 32.3 Å². The Morgan fingerprint density at radius 1 is 1.59 bits per heavy atom. The molecule has 1 aromatic carbocycles. The van der Waals surface area contributed by atoms with Crippen molar-refractivity contribution in [3.63, 3.8) is 0 Å². The summed E-state index contributed by atoms with van der Waals surface area (Å²) in [5, 5.41) is 3.03. The Labute approximate surface area is 98.7 Å². The molecule has 1 aliphatic heterocycles. The average Bonchev–Trinajstić information content (AvgIpc) is 2.25. The van der Waals surface area contributed by atoms with Crippen LogP contribution >= 0.6 is 0 Å². The van der Waals surface area contributed by atoms with Gasteiger partial charge >= 0.3 is 5.97 Å². The van der Waals surface area contributed by atoms with Crippen LogP contribution in [-0.2, 0) is 9.47 Å². The van der Waals surface area contributed by atoms with Crippen LogP contribution in [0.1, 0.15) is 16.8 Å². The van der Waals surface area contributed by atoms with Gasteiger partial charge in [0.25, 0.3) is 0 Å². The second kappa shape index (κ2) is 5.14. The molecule has 1 N–H and O–H groups in total. The molecule has 0 spiro atoms. The second-order valence-electron chi connectivity index (χ2n) is 3.88. The number of hydrogen-bond acceptors (Lipinski definition) is 4. The summed E-state index contributed by atoms with van der Waals surface area (Å²) in [6.45, 7) is 1.40. The Morgan fingerprint density at radius 2 is 2.35 bits per heavy atom. The van der Waals surface area contributed by atoms with Gasteiger partial charge in [-0.25, -0.2) is 9.18 Å². The van der Waals surface area contributed by atoms with Crippen LogP contribution < -0.4 is 5.32 Å². The van der Waals surface area contributed by atoms with Gasteiger partial charge in [-0.15, -0.1) is 0 Å². The van der Waals surface area contributed by atoms with Crippen LogP contribution in [0.2, 0.25) is 0 Å². The molecule has 0 aromatic heterocycles. The van der Waals surface area contributed by atoms with E-state index in [0.29, 0.717) is 12.2 Å². The van der Waals surface area contributed by atoms with Gasteiger partial charge in [-0.2, -0.15) is 0 Å². The van der Waals surface area contributed by atoms with E-state index in [9.17, 15) is 9.18 Å². The van der Waals surface area contributed by atoms with Crippen molar-refractivity contribution in [3.05, 3.63) is 29.6 Å². The Kier molecular flexibility index (Phi) is 3.58. The number of benzene rings is 1. The van der Waals surface area contributed by atoms with Gasteiger partial charge < -0.3 is 14.8 Å². The van der Waals surface area contributed by atoms with E-state index in [-0.39, 0.29) is 11.7 Å². The fraction of sp³-hybridized carbons (Fsp3) is 0.417. The molecule has 1 aromatic rings. The fourth-order valence-electron chi connectivity index (χ4n) is 1.60. The lowest BCUT2D eigenvalue weighted by Crippen LogP contribution is -2.33. The number of carbonyl (C=O) groups is 1. The molecule has 92 valence electrons. The lowest BCUT2D eigenvalue weighted by Gasteiger charge is -2.26. The first-order valence-electron chi connectivity index (χ1n) is 5.43. The van der Waals surface area contributed by atoms with Crippen LogP contribution in [0.15, 0.2) is 18.2 Å². The SMILES string of the molecule is COC(=O)c1cc(F)cc(NCC2CCO2)c1. The van der Waals surface area contributed by atoms with Crippen molar-refractivity contribution in [2.45, 2.75) is 12.5 Å². The van der Waals surface area contributed by atoms with Gasteiger partial charge in [-0.1, -0.05) is 0 Å². The zero-order chi connectivity index (χ0) is 12.3. The molecule has 1 unspecified atom stereocenters. The highest BCUT2D eigenvalue weighted by Gasteiger charge is 2.17. The first kappa shape index (κ1) is 11.9. The summed E-state index contributed by atoms with van der Waals surface area (Å²) in [6.07, 6.45) is 1.19. The largest absolute Gasteiger partial charge is 0.465 e. The summed E-state index contributed by atoms with van der Waals surface area (Å²) in [6, 6.07) is 4.05. The van der Waals surface area contributed by atoms with Crippen LogP contribution in [0.4, 0.5) is 10.1 Å². The van der Waals surface area contributed by atoms with Crippen LogP contribution in [0.25, 0.3) is 0 Å². The molecule has 2 rings (SSSR count). The van der Waals surface area contributed by atoms with E-state index in [0.717, 1.165) is 19.1 Å². The zero-order valence-corrected chi connectivity index (χ0v) is 9.53. The van der Waals surface area contributed by atoms with Crippen LogP contribution in [0, 0.1) is 5.82 Å². The molecule has 1 heterocycles. The summed E-state index contributed by atoms with van der Waals surface area (Å²) in [5.41, 5.74) is 0.755. The lowest BCUT2D eigenvalue weighted by atomic mass is 10.1. The predicted molar refractivity (Wildman–Crippen MR) is 60.6 cm³/mol. The molecule has 1 aliphatic rings. The van der Waals surface area contributed by atoms with Gasteiger partial charge in [-0.3, -0.25) is 0 Å². The number of ether oxygens (including phenoxy) is 2. The summed E-state index contributed by atoms with van der Waals surface area (Å²) < 4.78 is 23.0. The Bertz CT molecular complexity index is 418. The standard InChI is InChI=1S/C12H14FNO3/c1-16-12(15)8-4-9(13)6-10(5-8)14-7-11-2-3-17-11/h4-6,11,14H,2-3,7H2,1H3. The minimum Gasteiger partial charge on any atom is -0.465 e. The maximum atomic E-state index is 13.3. The minimum absolute atomic E-state index is 0.180. The fourth-order valence-corrected chi connectivity index (χ4v) is 1.60.